The minimum Gasteiger partial charge on any atom is -0.444 e. The summed E-state index contributed by atoms with van der Waals surface area (Å²) in [6, 6.07) is 9.94. The summed E-state index contributed by atoms with van der Waals surface area (Å²) < 4.78 is 5.27. The fourth-order valence-electron chi connectivity index (χ4n) is 1.76. The molecule has 0 heterocycles. The number of rotatable bonds is 4. The highest BCUT2D eigenvalue weighted by Crippen LogP contribution is 2.14. The predicted octanol–water partition coefficient (Wildman–Crippen LogP) is 2.47. The van der Waals surface area contributed by atoms with Crippen LogP contribution in [0.3, 0.4) is 0 Å². The number of carbonyl (C=O) groups is 1. The van der Waals surface area contributed by atoms with Crippen molar-refractivity contribution in [2.45, 2.75) is 45.3 Å². The van der Waals surface area contributed by atoms with Crippen LogP contribution in [0.5, 0.6) is 0 Å². The van der Waals surface area contributed by atoms with Gasteiger partial charge in [-0.05, 0) is 39.7 Å². The SMILES string of the molecule is CC(CN)(Cc1ccccc1)NC(=O)OC(C)(C)C. The van der Waals surface area contributed by atoms with Gasteiger partial charge in [0.2, 0.25) is 0 Å². The quantitative estimate of drug-likeness (QED) is 0.878. The first kappa shape index (κ1) is 15.5. The molecule has 0 aromatic heterocycles. The van der Waals surface area contributed by atoms with Crippen LogP contribution in [0.1, 0.15) is 33.3 Å². The highest BCUT2D eigenvalue weighted by Gasteiger charge is 2.27. The lowest BCUT2D eigenvalue weighted by Crippen LogP contribution is -2.54. The molecule has 0 saturated heterocycles. The predicted molar refractivity (Wildman–Crippen MR) is 77.0 cm³/mol. The number of nitrogens with two attached hydrogens (primary N) is 1. The Morgan fingerprint density at radius 1 is 1.21 bits per heavy atom. The van der Waals surface area contributed by atoms with Crippen LogP contribution in [-0.2, 0) is 11.2 Å². The Balaban J connectivity index is 2.68. The van der Waals surface area contributed by atoms with E-state index in [2.05, 4.69) is 5.32 Å². The summed E-state index contributed by atoms with van der Waals surface area (Å²) in [5.74, 6) is 0. The number of hydrogen-bond donors (Lipinski definition) is 2. The Morgan fingerprint density at radius 2 is 1.79 bits per heavy atom. The van der Waals surface area contributed by atoms with Crippen LogP contribution < -0.4 is 11.1 Å². The second-order valence-electron chi connectivity index (χ2n) is 6.05. The third-order valence-electron chi connectivity index (χ3n) is 2.69. The molecule has 0 aliphatic rings. The van der Waals surface area contributed by atoms with Crippen LogP contribution in [0.2, 0.25) is 0 Å². The summed E-state index contributed by atoms with van der Waals surface area (Å²) in [5, 5.41) is 2.86. The van der Waals surface area contributed by atoms with Gasteiger partial charge in [-0.3, -0.25) is 0 Å². The summed E-state index contributed by atoms with van der Waals surface area (Å²) in [4.78, 5) is 11.8. The molecule has 0 aliphatic heterocycles. The van der Waals surface area contributed by atoms with E-state index < -0.39 is 17.2 Å². The van der Waals surface area contributed by atoms with E-state index in [1.165, 1.54) is 0 Å². The lowest BCUT2D eigenvalue weighted by molar-refractivity contribution is 0.0467. The summed E-state index contributed by atoms with van der Waals surface area (Å²) in [5.41, 5.74) is 5.91. The average Bonchev–Trinajstić information content (AvgIpc) is 2.27. The number of alkyl carbamates (subject to hydrolysis) is 1. The number of carbonyl (C=O) groups excluding carboxylic acids is 1. The van der Waals surface area contributed by atoms with Gasteiger partial charge in [-0.2, -0.15) is 0 Å². The standard InChI is InChI=1S/C15H24N2O2/c1-14(2,3)19-13(18)17-15(4,11-16)10-12-8-6-5-7-9-12/h5-9H,10-11,16H2,1-4H3,(H,17,18). The normalized spacial score (nSPS) is 14.6. The Kier molecular flexibility index (Phi) is 4.95. The molecular weight excluding hydrogens is 240 g/mol. The van der Waals surface area contributed by atoms with Gasteiger partial charge in [0.1, 0.15) is 5.60 Å². The third-order valence-corrected chi connectivity index (χ3v) is 2.69. The minimum absolute atomic E-state index is 0.348. The highest BCUT2D eigenvalue weighted by atomic mass is 16.6. The zero-order valence-electron chi connectivity index (χ0n) is 12.2. The van der Waals surface area contributed by atoms with Gasteiger partial charge in [-0.1, -0.05) is 30.3 Å². The number of nitrogens with one attached hydrogen (secondary N) is 1. The molecule has 106 valence electrons. The van der Waals surface area contributed by atoms with E-state index in [1.54, 1.807) is 0 Å². The van der Waals surface area contributed by atoms with Gasteiger partial charge in [-0.15, -0.1) is 0 Å². The van der Waals surface area contributed by atoms with Crippen LogP contribution in [0, 0.1) is 0 Å². The van der Waals surface area contributed by atoms with E-state index in [4.69, 9.17) is 10.5 Å². The van der Waals surface area contributed by atoms with Gasteiger partial charge < -0.3 is 15.8 Å². The van der Waals surface area contributed by atoms with E-state index >= 15 is 0 Å². The molecule has 0 bridgehead atoms. The molecule has 1 atom stereocenters. The molecule has 4 nitrogen and oxygen atoms in total. The average molecular weight is 264 g/mol. The number of benzene rings is 1. The van der Waals surface area contributed by atoms with Gasteiger partial charge in [0.15, 0.2) is 0 Å². The summed E-state index contributed by atoms with van der Waals surface area (Å²) >= 11 is 0. The van der Waals surface area contributed by atoms with Crippen molar-refractivity contribution >= 4 is 6.09 Å². The van der Waals surface area contributed by atoms with Crippen molar-refractivity contribution in [2.24, 2.45) is 5.73 Å². The van der Waals surface area contributed by atoms with Crippen LogP contribution in [-0.4, -0.2) is 23.8 Å². The fraction of sp³-hybridized carbons (Fsp3) is 0.533. The zero-order chi connectivity index (χ0) is 14.5. The van der Waals surface area contributed by atoms with Crippen molar-refractivity contribution in [1.82, 2.24) is 5.32 Å². The van der Waals surface area contributed by atoms with E-state index in [0.717, 1.165) is 5.56 Å². The summed E-state index contributed by atoms with van der Waals surface area (Å²) in [7, 11) is 0. The molecule has 1 rings (SSSR count). The molecule has 1 aromatic rings. The minimum atomic E-state index is -0.510. The molecule has 1 amide bonds. The summed E-state index contributed by atoms with van der Waals surface area (Å²) in [6.07, 6.45) is 0.236. The molecule has 0 saturated carbocycles. The lowest BCUT2D eigenvalue weighted by atomic mass is 9.93. The first-order valence-corrected chi connectivity index (χ1v) is 6.49. The van der Waals surface area contributed by atoms with E-state index in [9.17, 15) is 4.79 Å². The van der Waals surface area contributed by atoms with Crippen molar-refractivity contribution in [1.29, 1.82) is 0 Å². The zero-order valence-corrected chi connectivity index (χ0v) is 12.2. The largest absolute Gasteiger partial charge is 0.444 e. The molecule has 4 heteroatoms. The Labute approximate surface area is 115 Å². The van der Waals surface area contributed by atoms with Crippen molar-refractivity contribution in [2.75, 3.05) is 6.54 Å². The maximum atomic E-state index is 11.8. The van der Waals surface area contributed by atoms with Crippen molar-refractivity contribution in [3.8, 4) is 0 Å². The molecule has 0 radical (unpaired) electrons. The third kappa shape index (κ3) is 5.75. The van der Waals surface area contributed by atoms with Gasteiger partial charge in [-0.25, -0.2) is 4.79 Å². The van der Waals surface area contributed by atoms with Crippen LogP contribution in [0.15, 0.2) is 30.3 Å². The highest BCUT2D eigenvalue weighted by molar-refractivity contribution is 5.68. The lowest BCUT2D eigenvalue weighted by Gasteiger charge is -2.31. The second kappa shape index (κ2) is 6.06. The van der Waals surface area contributed by atoms with E-state index in [-0.39, 0.29) is 0 Å². The van der Waals surface area contributed by atoms with Crippen LogP contribution in [0.25, 0.3) is 0 Å². The molecule has 1 aromatic carbocycles. The number of amides is 1. The van der Waals surface area contributed by atoms with Crippen LogP contribution >= 0.6 is 0 Å². The second-order valence-corrected chi connectivity index (χ2v) is 6.05. The molecule has 0 aliphatic carbocycles. The molecule has 0 fully saturated rings. The number of ether oxygens (including phenoxy) is 1. The molecule has 1 unspecified atom stereocenters. The smallest absolute Gasteiger partial charge is 0.408 e. The van der Waals surface area contributed by atoms with E-state index in [0.29, 0.717) is 13.0 Å². The monoisotopic (exact) mass is 264 g/mol. The number of hydrogen-bond acceptors (Lipinski definition) is 3. The van der Waals surface area contributed by atoms with Gasteiger partial charge in [0.05, 0.1) is 5.54 Å². The Bertz CT molecular complexity index is 412. The van der Waals surface area contributed by atoms with Gasteiger partial charge >= 0.3 is 6.09 Å². The van der Waals surface area contributed by atoms with Gasteiger partial charge in [0, 0.05) is 6.54 Å². The van der Waals surface area contributed by atoms with Crippen LogP contribution in [0.4, 0.5) is 4.79 Å². The van der Waals surface area contributed by atoms with Gasteiger partial charge in [0.25, 0.3) is 0 Å². The molecule has 0 spiro atoms. The molecule has 19 heavy (non-hydrogen) atoms. The maximum Gasteiger partial charge on any atom is 0.408 e. The van der Waals surface area contributed by atoms with Crippen molar-refractivity contribution < 1.29 is 9.53 Å². The first-order chi connectivity index (χ1) is 8.74. The molecular formula is C15H24N2O2. The topological polar surface area (TPSA) is 64.3 Å². The Morgan fingerprint density at radius 3 is 2.26 bits per heavy atom. The fourth-order valence-corrected chi connectivity index (χ4v) is 1.76. The van der Waals surface area contributed by atoms with Crippen molar-refractivity contribution in [3.63, 3.8) is 0 Å². The molecule has 3 N–H and O–H groups in total. The maximum absolute atomic E-state index is 11.8. The van der Waals surface area contributed by atoms with E-state index in [1.807, 2.05) is 58.0 Å². The first-order valence-electron chi connectivity index (χ1n) is 6.49. The van der Waals surface area contributed by atoms with Crippen molar-refractivity contribution in [3.05, 3.63) is 35.9 Å². The summed E-state index contributed by atoms with van der Waals surface area (Å²) in [6.45, 7) is 7.78. The Hall–Kier alpha value is -1.55.